The summed E-state index contributed by atoms with van der Waals surface area (Å²) in [5.74, 6) is 0.910. The fraction of sp³-hybridized carbons (Fsp3) is 0.222. The first-order valence-corrected chi connectivity index (χ1v) is 7.02. The topological polar surface area (TPSA) is 64.2 Å². The van der Waals surface area contributed by atoms with Crippen LogP contribution in [0.5, 0.6) is 11.5 Å². The van der Waals surface area contributed by atoms with Crippen molar-refractivity contribution in [2.75, 3.05) is 14.2 Å². The molecule has 0 aliphatic heterocycles. The number of nitrogens with zero attached hydrogens (tertiary/aromatic N) is 2. The number of carbonyl (C=O) groups is 1. The summed E-state index contributed by atoms with van der Waals surface area (Å²) in [5, 5.41) is 9.04. The van der Waals surface area contributed by atoms with Gasteiger partial charge in [0.25, 0.3) is 0 Å². The third-order valence-corrected chi connectivity index (χ3v) is 3.78. The standard InChI is InChI=1S/C18H18N2O3/c1-12-13(9-14(11-19)20(12)2)5-8-17(21)16-7-6-15(22-3)10-18(16)23-4/h5-10H,1-4H3/b8-5+. The maximum atomic E-state index is 12.4. The van der Waals surface area contributed by atoms with Crippen molar-refractivity contribution in [3.63, 3.8) is 0 Å². The summed E-state index contributed by atoms with van der Waals surface area (Å²) in [4.78, 5) is 12.4. The van der Waals surface area contributed by atoms with Crippen molar-refractivity contribution in [2.24, 2.45) is 7.05 Å². The highest BCUT2D eigenvalue weighted by atomic mass is 16.5. The minimum atomic E-state index is -0.175. The molecule has 0 saturated heterocycles. The Morgan fingerprint density at radius 2 is 2.00 bits per heavy atom. The van der Waals surface area contributed by atoms with E-state index in [9.17, 15) is 4.79 Å². The highest BCUT2D eigenvalue weighted by Crippen LogP contribution is 2.25. The van der Waals surface area contributed by atoms with Crippen molar-refractivity contribution in [2.45, 2.75) is 6.92 Å². The van der Waals surface area contributed by atoms with Crippen LogP contribution in [0.4, 0.5) is 0 Å². The third kappa shape index (κ3) is 3.27. The van der Waals surface area contributed by atoms with Crippen LogP contribution in [-0.4, -0.2) is 24.6 Å². The quantitative estimate of drug-likeness (QED) is 0.629. The lowest BCUT2D eigenvalue weighted by molar-refractivity contribution is 0.104. The van der Waals surface area contributed by atoms with E-state index in [1.54, 1.807) is 42.0 Å². The van der Waals surface area contributed by atoms with Gasteiger partial charge in [0.2, 0.25) is 0 Å². The third-order valence-electron chi connectivity index (χ3n) is 3.78. The largest absolute Gasteiger partial charge is 0.497 e. The molecule has 0 fully saturated rings. The van der Waals surface area contributed by atoms with Gasteiger partial charge in [-0.2, -0.15) is 5.26 Å². The molecular weight excluding hydrogens is 292 g/mol. The number of allylic oxidation sites excluding steroid dienone is 1. The van der Waals surface area contributed by atoms with E-state index in [4.69, 9.17) is 14.7 Å². The summed E-state index contributed by atoms with van der Waals surface area (Å²) >= 11 is 0. The van der Waals surface area contributed by atoms with Crippen LogP contribution in [0.2, 0.25) is 0 Å². The summed E-state index contributed by atoms with van der Waals surface area (Å²) < 4.78 is 12.2. The van der Waals surface area contributed by atoms with E-state index in [0.29, 0.717) is 22.8 Å². The first-order valence-electron chi connectivity index (χ1n) is 7.02. The molecule has 0 saturated carbocycles. The van der Waals surface area contributed by atoms with Crippen molar-refractivity contribution in [1.29, 1.82) is 5.26 Å². The molecule has 2 rings (SSSR count). The van der Waals surface area contributed by atoms with E-state index in [1.165, 1.54) is 13.2 Å². The van der Waals surface area contributed by atoms with Crippen LogP contribution < -0.4 is 9.47 Å². The summed E-state index contributed by atoms with van der Waals surface area (Å²) in [6.07, 6.45) is 3.19. The lowest BCUT2D eigenvalue weighted by Crippen LogP contribution is -1.99. The molecule has 0 amide bonds. The number of hydrogen-bond donors (Lipinski definition) is 0. The maximum Gasteiger partial charge on any atom is 0.189 e. The van der Waals surface area contributed by atoms with Gasteiger partial charge in [0.05, 0.1) is 19.8 Å². The second-order valence-electron chi connectivity index (χ2n) is 5.00. The molecule has 2 aromatic rings. The van der Waals surface area contributed by atoms with Gasteiger partial charge in [-0.25, -0.2) is 0 Å². The molecule has 0 spiro atoms. The van der Waals surface area contributed by atoms with Crippen LogP contribution in [0.1, 0.15) is 27.3 Å². The molecule has 0 N–H and O–H groups in total. The van der Waals surface area contributed by atoms with Crippen molar-refractivity contribution in [3.05, 3.63) is 52.9 Å². The normalized spacial score (nSPS) is 10.6. The predicted octanol–water partition coefficient (Wildman–Crippen LogP) is 3.12. The van der Waals surface area contributed by atoms with Gasteiger partial charge in [-0.3, -0.25) is 4.79 Å². The van der Waals surface area contributed by atoms with Gasteiger partial charge in [-0.15, -0.1) is 0 Å². The Bertz CT molecular complexity index is 810. The number of carbonyl (C=O) groups excluding carboxylic acids is 1. The van der Waals surface area contributed by atoms with Crippen LogP contribution in [0.15, 0.2) is 30.3 Å². The number of hydrogen-bond acceptors (Lipinski definition) is 4. The zero-order valence-electron chi connectivity index (χ0n) is 13.6. The molecule has 0 radical (unpaired) electrons. The zero-order chi connectivity index (χ0) is 17.0. The summed E-state index contributed by atoms with van der Waals surface area (Å²) in [6, 6.07) is 8.92. The predicted molar refractivity (Wildman–Crippen MR) is 87.8 cm³/mol. The Morgan fingerprint density at radius 3 is 2.57 bits per heavy atom. The van der Waals surface area contributed by atoms with Gasteiger partial charge >= 0.3 is 0 Å². The number of methoxy groups -OCH3 is 2. The molecule has 0 aliphatic carbocycles. The van der Waals surface area contributed by atoms with E-state index in [0.717, 1.165) is 11.3 Å². The molecule has 1 heterocycles. The van der Waals surface area contributed by atoms with Gasteiger partial charge in [0.15, 0.2) is 5.78 Å². The maximum absolute atomic E-state index is 12.4. The fourth-order valence-electron chi connectivity index (χ4n) is 2.26. The number of aromatic nitrogens is 1. The Hall–Kier alpha value is -3.00. The van der Waals surface area contributed by atoms with Gasteiger partial charge < -0.3 is 14.0 Å². The van der Waals surface area contributed by atoms with E-state index in [1.807, 2.05) is 14.0 Å². The highest BCUT2D eigenvalue weighted by molar-refractivity contribution is 6.08. The number of ether oxygens (including phenoxy) is 2. The minimum Gasteiger partial charge on any atom is -0.497 e. The van der Waals surface area contributed by atoms with Gasteiger partial charge in [0, 0.05) is 18.8 Å². The van der Waals surface area contributed by atoms with Crippen molar-refractivity contribution >= 4 is 11.9 Å². The van der Waals surface area contributed by atoms with Crippen molar-refractivity contribution in [3.8, 4) is 17.6 Å². The Morgan fingerprint density at radius 1 is 1.26 bits per heavy atom. The van der Waals surface area contributed by atoms with Gasteiger partial charge in [-0.1, -0.05) is 0 Å². The molecule has 0 atom stereocenters. The summed E-state index contributed by atoms with van der Waals surface area (Å²) in [6.45, 7) is 1.90. The lowest BCUT2D eigenvalue weighted by atomic mass is 10.1. The Balaban J connectivity index is 2.31. The van der Waals surface area contributed by atoms with Crippen LogP contribution in [0.3, 0.4) is 0 Å². The first kappa shape index (κ1) is 16.4. The first-order chi connectivity index (χ1) is 11.0. The second-order valence-corrected chi connectivity index (χ2v) is 5.00. The van der Waals surface area contributed by atoms with Crippen molar-refractivity contribution in [1.82, 2.24) is 4.57 Å². The molecule has 0 unspecified atom stereocenters. The SMILES string of the molecule is COc1ccc(C(=O)/C=C/c2cc(C#N)n(C)c2C)c(OC)c1. The average molecular weight is 310 g/mol. The number of rotatable bonds is 5. The molecule has 0 bridgehead atoms. The van der Waals surface area contributed by atoms with E-state index in [2.05, 4.69) is 6.07 Å². The number of benzene rings is 1. The van der Waals surface area contributed by atoms with Gasteiger partial charge in [-0.05, 0) is 42.8 Å². The van der Waals surface area contributed by atoms with Gasteiger partial charge in [0.1, 0.15) is 23.3 Å². The van der Waals surface area contributed by atoms with Crippen LogP contribution >= 0.6 is 0 Å². The molecule has 1 aromatic heterocycles. The van der Waals surface area contributed by atoms with Crippen LogP contribution in [-0.2, 0) is 7.05 Å². The number of ketones is 1. The molecule has 23 heavy (non-hydrogen) atoms. The lowest BCUT2D eigenvalue weighted by Gasteiger charge is -2.07. The minimum absolute atomic E-state index is 0.175. The highest BCUT2D eigenvalue weighted by Gasteiger charge is 2.12. The van der Waals surface area contributed by atoms with E-state index < -0.39 is 0 Å². The number of nitriles is 1. The molecular formula is C18H18N2O3. The smallest absolute Gasteiger partial charge is 0.189 e. The molecule has 5 heteroatoms. The monoisotopic (exact) mass is 310 g/mol. The van der Waals surface area contributed by atoms with E-state index >= 15 is 0 Å². The van der Waals surface area contributed by atoms with Crippen LogP contribution in [0, 0.1) is 18.3 Å². The summed E-state index contributed by atoms with van der Waals surface area (Å²) in [5.41, 5.74) is 2.77. The summed E-state index contributed by atoms with van der Waals surface area (Å²) in [7, 11) is 4.89. The second kappa shape index (κ2) is 6.84. The fourth-order valence-corrected chi connectivity index (χ4v) is 2.26. The molecule has 1 aromatic carbocycles. The Labute approximate surface area is 135 Å². The zero-order valence-corrected chi connectivity index (χ0v) is 13.6. The average Bonchev–Trinajstić information content (AvgIpc) is 2.86. The van der Waals surface area contributed by atoms with Crippen LogP contribution in [0.25, 0.3) is 6.08 Å². The van der Waals surface area contributed by atoms with Crippen molar-refractivity contribution < 1.29 is 14.3 Å². The molecule has 5 nitrogen and oxygen atoms in total. The molecule has 118 valence electrons. The Kier molecular flexibility index (Phi) is 4.87. The van der Waals surface area contributed by atoms with E-state index in [-0.39, 0.29) is 5.78 Å². The molecule has 0 aliphatic rings.